The number of methoxy groups -OCH3 is 1. The molecule has 2 rings (SSSR count). The zero-order valence-electron chi connectivity index (χ0n) is 11.2. The average molecular weight is 263 g/mol. The van der Waals surface area contributed by atoms with Crippen molar-refractivity contribution < 1.29 is 4.74 Å². The minimum Gasteiger partial charge on any atom is -0.490 e. The number of nitrogen functional groups attached to an aromatic ring is 1. The molecule has 0 saturated heterocycles. The lowest BCUT2D eigenvalue weighted by Gasteiger charge is -2.20. The minimum absolute atomic E-state index is 0.444. The third-order valence-electron chi connectivity index (χ3n) is 2.79. The van der Waals surface area contributed by atoms with Crippen LogP contribution in [0.2, 0.25) is 0 Å². The number of aromatic nitrogens is 4. The van der Waals surface area contributed by atoms with Gasteiger partial charge in [0.1, 0.15) is 12.2 Å². The standard InChI is InChI=1S/C11H17N7O/c1-17-5-4-13-8(17)6-18(2)11-9(19-3)10(16-12)14-7-15-11/h4-5,7H,6,12H2,1-3H3,(H,14,15,16). The Morgan fingerprint density at radius 1 is 1.42 bits per heavy atom. The number of imidazole rings is 1. The van der Waals surface area contributed by atoms with Crippen molar-refractivity contribution in [3.8, 4) is 5.75 Å². The van der Waals surface area contributed by atoms with Crippen LogP contribution in [0.3, 0.4) is 0 Å². The van der Waals surface area contributed by atoms with Gasteiger partial charge in [-0.1, -0.05) is 0 Å². The van der Waals surface area contributed by atoms with Crippen molar-refractivity contribution in [2.45, 2.75) is 6.54 Å². The Bertz CT molecular complexity index is 554. The van der Waals surface area contributed by atoms with E-state index in [1.54, 1.807) is 13.3 Å². The van der Waals surface area contributed by atoms with Crippen molar-refractivity contribution >= 4 is 11.6 Å². The van der Waals surface area contributed by atoms with Crippen LogP contribution in [0, 0.1) is 0 Å². The monoisotopic (exact) mass is 263 g/mol. The normalized spacial score (nSPS) is 10.3. The average Bonchev–Trinajstić information content (AvgIpc) is 2.83. The molecule has 0 spiro atoms. The van der Waals surface area contributed by atoms with E-state index in [1.165, 1.54) is 6.33 Å². The van der Waals surface area contributed by atoms with Gasteiger partial charge in [-0.25, -0.2) is 20.8 Å². The molecule has 0 radical (unpaired) electrons. The largest absolute Gasteiger partial charge is 0.490 e. The number of nitrogens with zero attached hydrogens (tertiary/aromatic N) is 5. The molecule has 0 saturated carbocycles. The second-order valence-electron chi connectivity index (χ2n) is 4.03. The molecule has 2 aromatic heterocycles. The van der Waals surface area contributed by atoms with Gasteiger partial charge in [0.2, 0.25) is 5.75 Å². The summed E-state index contributed by atoms with van der Waals surface area (Å²) < 4.78 is 7.25. The van der Waals surface area contributed by atoms with Crippen LogP contribution in [-0.4, -0.2) is 33.7 Å². The highest BCUT2D eigenvalue weighted by Gasteiger charge is 2.16. The Hall–Kier alpha value is -2.35. The third kappa shape index (κ3) is 2.58. The summed E-state index contributed by atoms with van der Waals surface area (Å²) in [7, 11) is 5.40. The van der Waals surface area contributed by atoms with Crippen molar-refractivity contribution in [1.82, 2.24) is 19.5 Å². The van der Waals surface area contributed by atoms with Crippen LogP contribution >= 0.6 is 0 Å². The van der Waals surface area contributed by atoms with Gasteiger partial charge >= 0.3 is 0 Å². The first-order chi connectivity index (χ1) is 9.17. The number of anilines is 2. The topological polar surface area (TPSA) is 94.1 Å². The zero-order chi connectivity index (χ0) is 13.8. The van der Waals surface area contributed by atoms with E-state index in [0.717, 1.165) is 5.82 Å². The summed E-state index contributed by atoms with van der Waals surface area (Å²) in [6, 6.07) is 0. The highest BCUT2D eigenvalue weighted by Crippen LogP contribution is 2.30. The molecular formula is C11H17N7O. The predicted molar refractivity (Wildman–Crippen MR) is 71.7 cm³/mol. The molecule has 0 fully saturated rings. The van der Waals surface area contributed by atoms with Gasteiger partial charge in [0.15, 0.2) is 11.6 Å². The summed E-state index contributed by atoms with van der Waals surface area (Å²) >= 11 is 0. The Balaban J connectivity index is 2.28. The molecular weight excluding hydrogens is 246 g/mol. The van der Waals surface area contributed by atoms with E-state index >= 15 is 0 Å². The van der Waals surface area contributed by atoms with Gasteiger partial charge in [-0.3, -0.25) is 0 Å². The van der Waals surface area contributed by atoms with Crippen molar-refractivity contribution in [3.05, 3.63) is 24.5 Å². The lowest BCUT2D eigenvalue weighted by Crippen LogP contribution is -2.22. The van der Waals surface area contributed by atoms with Crippen molar-refractivity contribution in [1.29, 1.82) is 0 Å². The van der Waals surface area contributed by atoms with Crippen molar-refractivity contribution in [2.75, 3.05) is 24.5 Å². The number of hydrogen-bond donors (Lipinski definition) is 2. The van der Waals surface area contributed by atoms with Crippen molar-refractivity contribution in [2.24, 2.45) is 12.9 Å². The van der Waals surface area contributed by atoms with Crippen LogP contribution in [0.5, 0.6) is 5.75 Å². The summed E-state index contributed by atoms with van der Waals surface area (Å²) in [5, 5.41) is 0. The lowest BCUT2D eigenvalue weighted by atomic mass is 10.4. The third-order valence-corrected chi connectivity index (χ3v) is 2.79. The number of hydrazine groups is 1. The maximum absolute atomic E-state index is 5.40. The first-order valence-corrected chi connectivity index (χ1v) is 5.70. The van der Waals surface area contributed by atoms with E-state index < -0.39 is 0 Å². The number of ether oxygens (including phenoxy) is 1. The number of hydrogen-bond acceptors (Lipinski definition) is 7. The number of nitrogens with one attached hydrogen (secondary N) is 1. The maximum atomic E-state index is 5.40. The van der Waals surface area contributed by atoms with E-state index in [9.17, 15) is 0 Å². The maximum Gasteiger partial charge on any atom is 0.205 e. The van der Waals surface area contributed by atoms with Gasteiger partial charge in [-0.2, -0.15) is 0 Å². The molecule has 0 unspecified atom stereocenters. The molecule has 0 bridgehead atoms. The Morgan fingerprint density at radius 3 is 2.79 bits per heavy atom. The summed E-state index contributed by atoms with van der Waals surface area (Å²) in [5.74, 6) is 7.91. The van der Waals surface area contributed by atoms with Gasteiger partial charge in [-0.15, -0.1) is 0 Å². The van der Waals surface area contributed by atoms with Crippen LogP contribution in [0.25, 0.3) is 0 Å². The van der Waals surface area contributed by atoms with E-state index in [2.05, 4.69) is 20.4 Å². The summed E-state index contributed by atoms with van der Waals surface area (Å²) in [5.41, 5.74) is 2.49. The molecule has 2 aromatic rings. The lowest BCUT2D eigenvalue weighted by molar-refractivity contribution is 0.412. The molecule has 0 atom stereocenters. The molecule has 102 valence electrons. The Morgan fingerprint density at radius 2 is 2.21 bits per heavy atom. The Labute approximate surface area is 111 Å². The summed E-state index contributed by atoms with van der Waals surface area (Å²) in [6.07, 6.45) is 5.09. The van der Waals surface area contributed by atoms with E-state index in [-0.39, 0.29) is 0 Å². The van der Waals surface area contributed by atoms with Crippen LogP contribution < -0.4 is 20.9 Å². The van der Waals surface area contributed by atoms with Gasteiger partial charge in [-0.05, 0) is 0 Å². The van der Waals surface area contributed by atoms with Crippen LogP contribution in [0.4, 0.5) is 11.6 Å². The van der Waals surface area contributed by atoms with Gasteiger partial charge in [0.05, 0.1) is 13.7 Å². The van der Waals surface area contributed by atoms with Crippen LogP contribution in [-0.2, 0) is 13.6 Å². The summed E-state index contributed by atoms with van der Waals surface area (Å²) in [4.78, 5) is 14.4. The van der Waals surface area contributed by atoms with E-state index in [1.807, 2.05) is 29.8 Å². The first-order valence-electron chi connectivity index (χ1n) is 5.70. The fraction of sp³-hybridized carbons (Fsp3) is 0.364. The molecule has 19 heavy (non-hydrogen) atoms. The van der Waals surface area contributed by atoms with E-state index in [0.29, 0.717) is 23.9 Å². The highest BCUT2D eigenvalue weighted by molar-refractivity contribution is 5.63. The predicted octanol–water partition coefficient (Wildman–Crippen LogP) is 0.141. The SMILES string of the molecule is COc1c(NN)ncnc1N(C)Cc1nccn1C. The second kappa shape index (κ2) is 5.53. The second-order valence-corrected chi connectivity index (χ2v) is 4.03. The number of aryl methyl sites for hydroxylation is 1. The molecule has 0 aliphatic heterocycles. The highest BCUT2D eigenvalue weighted by atomic mass is 16.5. The van der Waals surface area contributed by atoms with E-state index in [4.69, 9.17) is 10.6 Å². The minimum atomic E-state index is 0.444. The molecule has 0 amide bonds. The number of rotatable bonds is 5. The molecule has 0 aromatic carbocycles. The quantitative estimate of drug-likeness (QED) is 0.585. The molecule has 3 N–H and O–H groups in total. The molecule has 2 heterocycles. The fourth-order valence-corrected chi connectivity index (χ4v) is 1.76. The van der Waals surface area contributed by atoms with Gasteiger partial charge < -0.3 is 19.6 Å². The number of nitrogens with two attached hydrogens (primary N) is 1. The van der Waals surface area contributed by atoms with Crippen molar-refractivity contribution in [3.63, 3.8) is 0 Å². The zero-order valence-corrected chi connectivity index (χ0v) is 11.2. The Kier molecular flexibility index (Phi) is 3.81. The molecule has 8 heteroatoms. The molecule has 0 aliphatic carbocycles. The fourth-order valence-electron chi connectivity index (χ4n) is 1.76. The van der Waals surface area contributed by atoms with Crippen LogP contribution in [0.1, 0.15) is 5.82 Å². The smallest absolute Gasteiger partial charge is 0.205 e. The van der Waals surface area contributed by atoms with Gasteiger partial charge in [0.25, 0.3) is 0 Å². The van der Waals surface area contributed by atoms with Gasteiger partial charge in [0, 0.05) is 26.5 Å². The molecule has 0 aliphatic rings. The summed E-state index contributed by atoms with van der Waals surface area (Å²) in [6.45, 7) is 0.598. The first kappa shape index (κ1) is 13.1. The van der Waals surface area contributed by atoms with Crippen LogP contribution in [0.15, 0.2) is 18.7 Å². The molecule has 8 nitrogen and oxygen atoms in total.